The zero-order valence-electron chi connectivity index (χ0n) is 16.8. The van der Waals surface area contributed by atoms with E-state index in [0.717, 1.165) is 12.8 Å². The average molecular weight is 406 g/mol. The number of carbonyl (C=O) groups is 3. The van der Waals surface area contributed by atoms with Gasteiger partial charge in [-0.3, -0.25) is 14.8 Å². The molecule has 0 aliphatic carbocycles. The lowest BCUT2D eigenvalue weighted by Gasteiger charge is -2.33. The largest absolute Gasteiger partial charge is 0.491 e. The lowest BCUT2D eigenvalue weighted by atomic mass is 10.1. The van der Waals surface area contributed by atoms with Gasteiger partial charge in [0.25, 0.3) is 11.8 Å². The smallest absolute Gasteiger partial charge is 0.410 e. The number of hydroxylamine groups is 2. The molecule has 3 amide bonds. The van der Waals surface area contributed by atoms with Crippen molar-refractivity contribution in [1.82, 2.24) is 9.96 Å². The molecule has 0 unspecified atom stereocenters. The van der Waals surface area contributed by atoms with Crippen molar-refractivity contribution in [2.75, 3.05) is 26.3 Å². The highest BCUT2D eigenvalue weighted by atomic mass is 16.6. The lowest BCUT2D eigenvalue weighted by molar-refractivity contribution is -0.0327. The van der Waals surface area contributed by atoms with Crippen LogP contribution in [-0.4, -0.2) is 71.1 Å². The molecule has 0 saturated carbocycles. The van der Waals surface area contributed by atoms with Crippen LogP contribution in [0.15, 0.2) is 18.2 Å². The fourth-order valence-electron chi connectivity index (χ4n) is 3.20. The third-order valence-electron chi connectivity index (χ3n) is 4.64. The van der Waals surface area contributed by atoms with E-state index in [1.807, 2.05) is 20.8 Å². The van der Waals surface area contributed by atoms with Gasteiger partial charge in [-0.05, 0) is 51.8 Å². The van der Waals surface area contributed by atoms with Gasteiger partial charge in [-0.15, -0.1) is 5.06 Å². The number of hydrogen-bond donors (Lipinski definition) is 1. The molecule has 9 heteroatoms. The third kappa shape index (κ3) is 5.04. The molecule has 0 atom stereocenters. The highest BCUT2D eigenvalue weighted by Crippen LogP contribution is 2.25. The molecule has 1 saturated heterocycles. The van der Waals surface area contributed by atoms with Crippen LogP contribution in [0.2, 0.25) is 0 Å². The molecule has 1 aromatic rings. The van der Waals surface area contributed by atoms with Gasteiger partial charge < -0.3 is 19.1 Å². The molecule has 0 aromatic heterocycles. The normalized spacial score (nSPS) is 17.5. The molecule has 1 fully saturated rings. The highest BCUT2D eigenvalue weighted by Gasteiger charge is 2.35. The van der Waals surface area contributed by atoms with Gasteiger partial charge in [0.1, 0.15) is 18.0 Å². The molecule has 0 spiro atoms. The number of rotatable bonds is 5. The van der Waals surface area contributed by atoms with Gasteiger partial charge in [0.2, 0.25) is 0 Å². The molecule has 0 bridgehead atoms. The molecule has 0 radical (unpaired) electrons. The lowest BCUT2D eigenvalue weighted by Crippen LogP contribution is -2.43. The second-order valence-electron chi connectivity index (χ2n) is 8.02. The summed E-state index contributed by atoms with van der Waals surface area (Å²) in [7, 11) is 0. The van der Waals surface area contributed by atoms with Gasteiger partial charge in [0, 0.05) is 13.1 Å². The van der Waals surface area contributed by atoms with Crippen LogP contribution in [0.1, 0.15) is 54.3 Å². The molecular formula is C20H26N2O7. The van der Waals surface area contributed by atoms with Crippen molar-refractivity contribution in [1.29, 1.82) is 0 Å². The van der Waals surface area contributed by atoms with Crippen molar-refractivity contribution in [3.05, 3.63) is 29.3 Å². The summed E-state index contributed by atoms with van der Waals surface area (Å²) in [5, 5.41) is 9.48. The maximum Gasteiger partial charge on any atom is 0.410 e. The number of likely N-dealkylation sites (tertiary alicyclic amines) is 1. The summed E-state index contributed by atoms with van der Waals surface area (Å²) in [5.41, 5.74) is -0.240. The topological polar surface area (TPSA) is 106 Å². The Morgan fingerprint density at radius 3 is 2.41 bits per heavy atom. The van der Waals surface area contributed by atoms with E-state index < -0.39 is 17.4 Å². The van der Waals surface area contributed by atoms with Gasteiger partial charge in [0.15, 0.2) is 0 Å². The van der Waals surface area contributed by atoms with E-state index in [2.05, 4.69) is 0 Å². The summed E-state index contributed by atoms with van der Waals surface area (Å²) in [6.45, 7) is 7.32. The first-order chi connectivity index (χ1) is 13.7. The minimum atomic E-state index is -0.761. The Balaban J connectivity index is 1.39. The van der Waals surface area contributed by atoms with E-state index in [4.69, 9.17) is 14.2 Å². The number of benzene rings is 1. The van der Waals surface area contributed by atoms with Crippen LogP contribution >= 0.6 is 0 Å². The van der Waals surface area contributed by atoms with Crippen molar-refractivity contribution < 1.29 is 33.8 Å². The van der Waals surface area contributed by atoms with E-state index >= 15 is 0 Å². The van der Waals surface area contributed by atoms with Crippen molar-refractivity contribution in [2.24, 2.45) is 0 Å². The van der Waals surface area contributed by atoms with E-state index in [1.54, 1.807) is 11.0 Å². The van der Waals surface area contributed by atoms with Gasteiger partial charge >= 0.3 is 6.09 Å². The van der Waals surface area contributed by atoms with E-state index in [9.17, 15) is 19.6 Å². The number of imide groups is 1. The predicted molar refractivity (Wildman–Crippen MR) is 101 cm³/mol. The standard InChI is InChI=1S/C20H26N2O7/c1-20(2,3)29-19(25)21-8-6-13(7-9-21)27-10-11-28-14-4-5-15-16(12-14)18(24)22(26)17(15)23/h4-5,12-13,26H,6-11H2,1-3H3. The number of carbonyl (C=O) groups excluding carboxylic acids is 3. The Bertz CT molecular complexity index is 795. The minimum absolute atomic E-state index is 0.0412. The second kappa shape index (κ2) is 8.38. The number of piperidine rings is 1. The van der Waals surface area contributed by atoms with Gasteiger partial charge in [-0.1, -0.05) is 0 Å². The van der Waals surface area contributed by atoms with E-state index in [0.29, 0.717) is 25.4 Å². The molecule has 29 heavy (non-hydrogen) atoms. The first-order valence-electron chi connectivity index (χ1n) is 9.60. The Kier molecular flexibility index (Phi) is 6.09. The molecule has 158 valence electrons. The van der Waals surface area contributed by atoms with Crippen LogP contribution in [0.3, 0.4) is 0 Å². The van der Waals surface area contributed by atoms with Crippen molar-refractivity contribution in [3.63, 3.8) is 0 Å². The fourth-order valence-corrected chi connectivity index (χ4v) is 3.20. The second-order valence-corrected chi connectivity index (χ2v) is 8.02. The summed E-state index contributed by atoms with van der Waals surface area (Å²) in [5.74, 6) is -1.08. The molecule has 1 aromatic carbocycles. The maximum absolute atomic E-state index is 12.1. The summed E-state index contributed by atoms with van der Waals surface area (Å²) in [6.07, 6.45) is 1.19. The van der Waals surface area contributed by atoms with Gasteiger partial charge in [0.05, 0.1) is 23.8 Å². The number of fused-ring (bicyclic) bond motifs is 1. The predicted octanol–water partition coefficient (Wildman–Crippen LogP) is 2.47. The fraction of sp³-hybridized carbons (Fsp3) is 0.550. The molecular weight excluding hydrogens is 380 g/mol. The summed E-state index contributed by atoms with van der Waals surface area (Å²) in [6, 6.07) is 4.46. The van der Waals surface area contributed by atoms with E-state index in [-0.39, 0.29) is 35.0 Å². The van der Waals surface area contributed by atoms with E-state index in [1.165, 1.54) is 12.1 Å². The van der Waals surface area contributed by atoms with Crippen LogP contribution in [0, 0.1) is 0 Å². The number of nitrogens with zero attached hydrogens (tertiary/aromatic N) is 2. The van der Waals surface area contributed by atoms with Crippen LogP contribution in [0.25, 0.3) is 0 Å². The minimum Gasteiger partial charge on any atom is -0.491 e. The Morgan fingerprint density at radius 1 is 1.10 bits per heavy atom. The Labute approximate surface area is 169 Å². The first kappa shape index (κ1) is 21.1. The van der Waals surface area contributed by atoms with Crippen LogP contribution in [-0.2, 0) is 9.47 Å². The number of ether oxygens (including phenoxy) is 3. The summed E-state index contributed by atoms with van der Waals surface area (Å²) < 4.78 is 16.8. The van der Waals surface area contributed by atoms with Crippen LogP contribution < -0.4 is 4.74 Å². The molecule has 1 N–H and O–H groups in total. The molecule has 3 rings (SSSR count). The maximum atomic E-state index is 12.1. The third-order valence-corrected chi connectivity index (χ3v) is 4.64. The van der Waals surface area contributed by atoms with Crippen LogP contribution in [0.4, 0.5) is 4.79 Å². The first-order valence-corrected chi connectivity index (χ1v) is 9.60. The number of amides is 3. The quantitative estimate of drug-likeness (QED) is 0.455. The number of hydrogen-bond acceptors (Lipinski definition) is 7. The Hall–Kier alpha value is -2.65. The van der Waals surface area contributed by atoms with Gasteiger partial charge in [-0.25, -0.2) is 4.79 Å². The molecule has 2 aliphatic heterocycles. The molecule has 2 heterocycles. The van der Waals surface area contributed by atoms with Crippen molar-refractivity contribution >= 4 is 17.9 Å². The summed E-state index contributed by atoms with van der Waals surface area (Å²) in [4.78, 5) is 37.2. The highest BCUT2D eigenvalue weighted by molar-refractivity contribution is 6.20. The summed E-state index contributed by atoms with van der Waals surface area (Å²) >= 11 is 0. The van der Waals surface area contributed by atoms with Crippen LogP contribution in [0.5, 0.6) is 5.75 Å². The average Bonchev–Trinajstić information content (AvgIpc) is 2.88. The Morgan fingerprint density at radius 2 is 1.76 bits per heavy atom. The van der Waals surface area contributed by atoms with Crippen molar-refractivity contribution in [3.8, 4) is 5.75 Å². The zero-order chi connectivity index (χ0) is 21.2. The SMILES string of the molecule is CC(C)(C)OC(=O)N1CCC(OCCOc2ccc3c(c2)C(=O)N(O)C3=O)CC1. The molecule has 2 aliphatic rings. The zero-order valence-corrected chi connectivity index (χ0v) is 16.8. The molecule has 9 nitrogen and oxygen atoms in total. The monoisotopic (exact) mass is 406 g/mol. The van der Waals surface area contributed by atoms with Gasteiger partial charge in [-0.2, -0.15) is 0 Å². The van der Waals surface area contributed by atoms with Crippen molar-refractivity contribution in [2.45, 2.75) is 45.3 Å².